The summed E-state index contributed by atoms with van der Waals surface area (Å²) in [5.41, 5.74) is 2.79. The molecule has 6 nitrogen and oxygen atoms in total. The van der Waals surface area contributed by atoms with Gasteiger partial charge in [-0.2, -0.15) is 0 Å². The lowest BCUT2D eigenvalue weighted by molar-refractivity contribution is -0.122. The second kappa shape index (κ2) is 10.4. The summed E-state index contributed by atoms with van der Waals surface area (Å²) in [7, 11) is 0. The molecule has 4 rings (SSSR count). The number of allylic oxidation sites excluding steroid dienone is 1. The summed E-state index contributed by atoms with van der Waals surface area (Å²) in [6.07, 6.45) is 1.52. The van der Waals surface area contributed by atoms with Crippen LogP contribution in [0.5, 0.6) is 17.2 Å². The Hall–Kier alpha value is -4.23. The first kappa shape index (κ1) is 23.9. The van der Waals surface area contributed by atoms with Crippen molar-refractivity contribution in [3.05, 3.63) is 96.1 Å². The largest absolute Gasteiger partial charge is 0.493 e. The number of anilines is 1. The van der Waals surface area contributed by atoms with Crippen molar-refractivity contribution in [2.45, 2.75) is 13.8 Å². The van der Waals surface area contributed by atoms with E-state index in [1.807, 2.05) is 56.3 Å². The van der Waals surface area contributed by atoms with Crippen LogP contribution >= 0.6 is 12.2 Å². The predicted molar refractivity (Wildman–Crippen MR) is 141 cm³/mol. The van der Waals surface area contributed by atoms with Gasteiger partial charge in [0.1, 0.15) is 22.8 Å². The summed E-state index contributed by atoms with van der Waals surface area (Å²) in [6.45, 7) is 8.17. The predicted octanol–water partition coefficient (Wildman–Crippen LogP) is 5.74. The molecule has 0 spiro atoms. The molecular formula is C28H24N2O4S. The Labute approximate surface area is 209 Å². The van der Waals surface area contributed by atoms with Crippen molar-refractivity contribution in [2.24, 2.45) is 0 Å². The fourth-order valence-electron chi connectivity index (χ4n) is 3.55. The lowest BCUT2D eigenvalue weighted by Gasteiger charge is -2.29. The van der Waals surface area contributed by atoms with E-state index in [-0.39, 0.29) is 10.7 Å². The molecule has 0 radical (unpaired) electrons. The number of rotatable bonds is 7. The molecule has 0 saturated carbocycles. The van der Waals surface area contributed by atoms with Crippen molar-refractivity contribution in [1.82, 2.24) is 5.32 Å². The second-order valence-electron chi connectivity index (χ2n) is 7.83. The van der Waals surface area contributed by atoms with Crippen molar-refractivity contribution in [3.63, 3.8) is 0 Å². The number of thiocarbonyl (C=S) groups is 1. The van der Waals surface area contributed by atoms with Crippen LogP contribution in [0.15, 0.2) is 84.9 Å². The van der Waals surface area contributed by atoms with E-state index >= 15 is 0 Å². The Morgan fingerprint density at radius 3 is 2.37 bits per heavy atom. The van der Waals surface area contributed by atoms with Gasteiger partial charge >= 0.3 is 0 Å². The van der Waals surface area contributed by atoms with Crippen LogP contribution in [0.4, 0.5) is 5.69 Å². The molecule has 1 aliphatic rings. The van der Waals surface area contributed by atoms with E-state index < -0.39 is 11.8 Å². The highest BCUT2D eigenvalue weighted by atomic mass is 32.1. The number of carbonyl (C=O) groups excluding carboxylic acids is 2. The smallest absolute Gasteiger partial charge is 0.270 e. The van der Waals surface area contributed by atoms with E-state index in [4.69, 9.17) is 21.7 Å². The van der Waals surface area contributed by atoms with Crippen molar-refractivity contribution >= 4 is 46.5 Å². The van der Waals surface area contributed by atoms with Crippen molar-refractivity contribution in [1.29, 1.82) is 0 Å². The van der Waals surface area contributed by atoms with Crippen LogP contribution in [-0.2, 0) is 9.59 Å². The molecule has 1 fully saturated rings. The molecule has 1 aliphatic heterocycles. The van der Waals surface area contributed by atoms with Crippen molar-refractivity contribution in [3.8, 4) is 17.2 Å². The molecule has 0 unspecified atom stereocenters. The van der Waals surface area contributed by atoms with Gasteiger partial charge in [0.2, 0.25) is 0 Å². The second-order valence-corrected chi connectivity index (χ2v) is 8.22. The van der Waals surface area contributed by atoms with E-state index in [1.54, 1.807) is 30.3 Å². The van der Waals surface area contributed by atoms with Gasteiger partial charge < -0.3 is 9.47 Å². The average molecular weight is 485 g/mol. The number of para-hydroxylation sites is 1. The van der Waals surface area contributed by atoms with Gasteiger partial charge in [-0.25, -0.2) is 0 Å². The first-order valence-corrected chi connectivity index (χ1v) is 11.5. The highest BCUT2D eigenvalue weighted by Gasteiger charge is 2.34. The molecule has 1 heterocycles. The molecule has 1 saturated heterocycles. The highest BCUT2D eigenvalue weighted by molar-refractivity contribution is 7.80. The topological polar surface area (TPSA) is 67.9 Å². The SMILES string of the molecule is C=C(C)c1ccc(OCC)c(C=C2C(=O)NC(=S)N(c3ccc(Oc4ccccc4)cc3)C2=O)c1. The van der Waals surface area contributed by atoms with Gasteiger partial charge in [-0.3, -0.25) is 19.8 Å². The molecule has 3 aromatic carbocycles. The number of nitrogens with one attached hydrogen (secondary N) is 1. The fraction of sp³-hybridized carbons (Fsp3) is 0.107. The van der Waals surface area contributed by atoms with Crippen LogP contribution in [0, 0.1) is 0 Å². The van der Waals surface area contributed by atoms with E-state index in [2.05, 4.69) is 11.9 Å². The molecule has 0 aromatic heterocycles. The monoisotopic (exact) mass is 484 g/mol. The molecule has 1 N–H and O–H groups in total. The molecule has 0 bridgehead atoms. The quantitative estimate of drug-likeness (QED) is 0.263. The number of benzene rings is 3. The lowest BCUT2D eigenvalue weighted by atomic mass is 10.0. The first-order chi connectivity index (χ1) is 16.9. The highest BCUT2D eigenvalue weighted by Crippen LogP contribution is 2.29. The van der Waals surface area contributed by atoms with E-state index in [0.29, 0.717) is 35.1 Å². The molecule has 7 heteroatoms. The van der Waals surface area contributed by atoms with Gasteiger partial charge in [0.05, 0.1) is 12.3 Å². The summed E-state index contributed by atoms with van der Waals surface area (Å²) < 4.78 is 11.5. The van der Waals surface area contributed by atoms with Crippen LogP contribution in [0.25, 0.3) is 11.6 Å². The molecule has 2 amide bonds. The van der Waals surface area contributed by atoms with E-state index in [1.165, 1.54) is 11.0 Å². The van der Waals surface area contributed by atoms with Gasteiger partial charge in [-0.05, 0) is 86.2 Å². The van der Waals surface area contributed by atoms with Gasteiger partial charge in [0.15, 0.2) is 5.11 Å². The average Bonchev–Trinajstić information content (AvgIpc) is 2.84. The van der Waals surface area contributed by atoms with Gasteiger partial charge in [-0.1, -0.05) is 36.4 Å². The molecule has 35 heavy (non-hydrogen) atoms. The molecule has 3 aromatic rings. The molecule has 0 atom stereocenters. The number of amides is 2. The van der Waals surface area contributed by atoms with E-state index in [0.717, 1.165) is 11.1 Å². The summed E-state index contributed by atoms with van der Waals surface area (Å²) in [5, 5.41) is 2.62. The minimum Gasteiger partial charge on any atom is -0.493 e. The zero-order chi connectivity index (χ0) is 24.9. The number of hydrogen-bond donors (Lipinski definition) is 1. The summed E-state index contributed by atoms with van der Waals surface area (Å²) in [5.74, 6) is 0.771. The number of hydrogen-bond acceptors (Lipinski definition) is 5. The maximum absolute atomic E-state index is 13.4. The fourth-order valence-corrected chi connectivity index (χ4v) is 3.83. The third kappa shape index (κ3) is 5.31. The maximum Gasteiger partial charge on any atom is 0.270 e. The Morgan fingerprint density at radius 1 is 1.03 bits per heavy atom. The summed E-state index contributed by atoms with van der Waals surface area (Å²) in [4.78, 5) is 27.5. The van der Waals surface area contributed by atoms with Crippen molar-refractivity contribution < 1.29 is 19.1 Å². The molecule has 0 aliphatic carbocycles. The van der Waals surface area contributed by atoms with Crippen LogP contribution in [0.1, 0.15) is 25.0 Å². The van der Waals surface area contributed by atoms with Crippen LogP contribution < -0.4 is 19.7 Å². The first-order valence-electron chi connectivity index (χ1n) is 11.0. The van der Waals surface area contributed by atoms with Gasteiger partial charge in [0.25, 0.3) is 11.8 Å². The normalized spacial score (nSPS) is 14.6. The Kier molecular flexibility index (Phi) is 7.08. The minimum absolute atomic E-state index is 0.00889. The van der Waals surface area contributed by atoms with Gasteiger partial charge in [-0.15, -0.1) is 0 Å². The number of carbonyl (C=O) groups is 2. The molecular weight excluding hydrogens is 460 g/mol. The maximum atomic E-state index is 13.4. The van der Waals surface area contributed by atoms with Gasteiger partial charge in [0, 0.05) is 5.56 Å². The van der Waals surface area contributed by atoms with Crippen LogP contribution in [-0.4, -0.2) is 23.5 Å². The number of ether oxygens (including phenoxy) is 2. The van der Waals surface area contributed by atoms with E-state index in [9.17, 15) is 9.59 Å². The van der Waals surface area contributed by atoms with Crippen LogP contribution in [0.3, 0.4) is 0 Å². The zero-order valence-corrected chi connectivity index (χ0v) is 20.2. The third-order valence-electron chi connectivity index (χ3n) is 5.28. The summed E-state index contributed by atoms with van der Waals surface area (Å²) >= 11 is 5.32. The zero-order valence-electron chi connectivity index (χ0n) is 19.4. The minimum atomic E-state index is -0.566. The summed E-state index contributed by atoms with van der Waals surface area (Å²) in [6, 6.07) is 21.8. The Bertz CT molecular complexity index is 1330. The Morgan fingerprint density at radius 2 is 1.71 bits per heavy atom. The standard InChI is InChI=1S/C28H24N2O4S/c1-4-33-25-15-10-19(18(2)3)16-20(25)17-24-26(31)29-28(35)30(27(24)32)21-11-13-23(14-12-21)34-22-8-6-5-7-9-22/h5-17H,2,4H2,1,3H3,(H,29,31,35). The third-order valence-corrected chi connectivity index (χ3v) is 5.56. The number of nitrogens with zero attached hydrogens (tertiary/aromatic N) is 1. The molecule has 176 valence electrons. The Balaban J connectivity index is 1.66. The van der Waals surface area contributed by atoms with Crippen molar-refractivity contribution in [2.75, 3.05) is 11.5 Å². The van der Waals surface area contributed by atoms with Crippen LogP contribution in [0.2, 0.25) is 0 Å². The lowest BCUT2D eigenvalue weighted by Crippen LogP contribution is -2.54.